The van der Waals surface area contributed by atoms with Gasteiger partial charge in [-0.3, -0.25) is 9.69 Å². The Kier molecular flexibility index (Phi) is 5.12. The standard InChI is InChI=1S/C20H27N3O2/c1-15-13-23(14-18(15)22-7-9-25-10-8-22)19(24)20(2,3)17-6-4-5-16(11-17)12-21/h4-6,11,15,18H,7-10,13-14H2,1-3H3. The average Bonchev–Trinajstić information content (AvgIpc) is 3.03. The molecule has 134 valence electrons. The topological polar surface area (TPSA) is 56.6 Å². The van der Waals surface area contributed by atoms with Crippen molar-refractivity contribution in [3.05, 3.63) is 35.4 Å². The Hall–Kier alpha value is -1.90. The number of benzene rings is 1. The highest BCUT2D eigenvalue weighted by atomic mass is 16.5. The summed E-state index contributed by atoms with van der Waals surface area (Å²) in [6, 6.07) is 9.97. The Morgan fingerprint density at radius 3 is 2.68 bits per heavy atom. The Morgan fingerprint density at radius 1 is 1.28 bits per heavy atom. The molecule has 3 rings (SSSR count). The molecule has 0 radical (unpaired) electrons. The zero-order valence-corrected chi connectivity index (χ0v) is 15.4. The first-order chi connectivity index (χ1) is 11.9. The van der Waals surface area contributed by atoms with Gasteiger partial charge in [-0.05, 0) is 37.5 Å². The molecule has 1 aromatic carbocycles. The first kappa shape index (κ1) is 17.9. The van der Waals surface area contributed by atoms with E-state index >= 15 is 0 Å². The monoisotopic (exact) mass is 341 g/mol. The number of likely N-dealkylation sites (tertiary alicyclic amines) is 1. The minimum atomic E-state index is -0.632. The normalized spacial score (nSPS) is 25.0. The number of carbonyl (C=O) groups excluding carboxylic acids is 1. The van der Waals surface area contributed by atoms with Gasteiger partial charge in [0, 0.05) is 32.2 Å². The molecule has 2 aliphatic heterocycles. The summed E-state index contributed by atoms with van der Waals surface area (Å²) >= 11 is 0. The van der Waals surface area contributed by atoms with Crippen molar-refractivity contribution < 1.29 is 9.53 Å². The van der Waals surface area contributed by atoms with Crippen LogP contribution in [0.2, 0.25) is 0 Å². The van der Waals surface area contributed by atoms with Gasteiger partial charge in [0.25, 0.3) is 0 Å². The quantitative estimate of drug-likeness (QED) is 0.844. The third-order valence-corrected chi connectivity index (χ3v) is 5.62. The highest BCUT2D eigenvalue weighted by molar-refractivity contribution is 5.87. The third kappa shape index (κ3) is 3.56. The van der Waals surface area contributed by atoms with E-state index < -0.39 is 5.41 Å². The van der Waals surface area contributed by atoms with Gasteiger partial charge in [0.05, 0.1) is 30.3 Å². The Labute approximate surface area is 150 Å². The minimum absolute atomic E-state index is 0.144. The molecule has 5 nitrogen and oxygen atoms in total. The van der Waals surface area contributed by atoms with Gasteiger partial charge in [-0.25, -0.2) is 0 Å². The van der Waals surface area contributed by atoms with E-state index in [1.807, 2.05) is 36.9 Å². The fraction of sp³-hybridized carbons (Fsp3) is 0.600. The van der Waals surface area contributed by atoms with Crippen LogP contribution in [0.25, 0.3) is 0 Å². The Bertz CT molecular complexity index is 674. The molecule has 2 aliphatic rings. The molecule has 0 aromatic heterocycles. The largest absolute Gasteiger partial charge is 0.379 e. The van der Waals surface area contributed by atoms with Gasteiger partial charge in [0.15, 0.2) is 0 Å². The maximum Gasteiger partial charge on any atom is 0.232 e. The van der Waals surface area contributed by atoms with Crippen molar-refractivity contribution in [2.24, 2.45) is 5.92 Å². The fourth-order valence-corrected chi connectivity index (χ4v) is 4.00. The maximum atomic E-state index is 13.2. The van der Waals surface area contributed by atoms with Gasteiger partial charge < -0.3 is 9.64 Å². The van der Waals surface area contributed by atoms with Crippen molar-refractivity contribution in [2.45, 2.75) is 32.2 Å². The second-order valence-corrected chi connectivity index (χ2v) is 7.72. The van der Waals surface area contributed by atoms with E-state index in [2.05, 4.69) is 17.9 Å². The minimum Gasteiger partial charge on any atom is -0.379 e. The lowest BCUT2D eigenvalue weighted by molar-refractivity contribution is -0.135. The molecule has 2 fully saturated rings. The van der Waals surface area contributed by atoms with Gasteiger partial charge in [-0.1, -0.05) is 19.1 Å². The molecule has 1 amide bonds. The molecule has 1 aromatic rings. The number of nitriles is 1. The molecule has 25 heavy (non-hydrogen) atoms. The molecule has 2 atom stereocenters. The summed E-state index contributed by atoms with van der Waals surface area (Å²) in [5.41, 5.74) is 0.866. The van der Waals surface area contributed by atoms with Crippen molar-refractivity contribution in [3.8, 4) is 6.07 Å². The van der Waals surface area contributed by atoms with Crippen LogP contribution in [0.4, 0.5) is 0 Å². The molecular weight excluding hydrogens is 314 g/mol. The van der Waals surface area contributed by atoms with E-state index in [1.54, 1.807) is 6.07 Å². The first-order valence-electron chi connectivity index (χ1n) is 9.05. The van der Waals surface area contributed by atoms with Crippen molar-refractivity contribution in [1.29, 1.82) is 5.26 Å². The zero-order chi connectivity index (χ0) is 18.0. The van der Waals surface area contributed by atoms with Crippen molar-refractivity contribution in [1.82, 2.24) is 9.80 Å². The Balaban J connectivity index is 1.74. The fourth-order valence-electron chi connectivity index (χ4n) is 4.00. The molecule has 0 spiro atoms. The second-order valence-electron chi connectivity index (χ2n) is 7.72. The van der Waals surface area contributed by atoms with Crippen LogP contribution in [0.15, 0.2) is 24.3 Å². The lowest BCUT2D eigenvalue weighted by Gasteiger charge is -2.34. The van der Waals surface area contributed by atoms with Gasteiger partial charge in [-0.2, -0.15) is 5.26 Å². The van der Waals surface area contributed by atoms with E-state index in [0.717, 1.165) is 45.0 Å². The number of hydrogen-bond donors (Lipinski definition) is 0. The lowest BCUT2D eigenvalue weighted by Crippen LogP contribution is -2.48. The number of carbonyl (C=O) groups is 1. The van der Waals surface area contributed by atoms with Crippen LogP contribution < -0.4 is 0 Å². The molecule has 0 N–H and O–H groups in total. The van der Waals surface area contributed by atoms with Gasteiger partial charge >= 0.3 is 0 Å². The lowest BCUT2D eigenvalue weighted by atomic mass is 9.82. The molecule has 2 heterocycles. The van der Waals surface area contributed by atoms with Crippen LogP contribution in [0, 0.1) is 17.2 Å². The summed E-state index contributed by atoms with van der Waals surface area (Å²) in [7, 11) is 0. The summed E-state index contributed by atoms with van der Waals surface area (Å²) in [6.07, 6.45) is 0. The molecule has 0 bridgehead atoms. The van der Waals surface area contributed by atoms with Gasteiger partial charge in [0.1, 0.15) is 0 Å². The van der Waals surface area contributed by atoms with Gasteiger partial charge in [0.2, 0.25) is 5.91 Å². The van der Waals surface area contributed by atoms with E-state index in [0.29, 0.717) is 17.5 Å². The van der Waals surface area contributed by atoms with Crippen LogP contribution in [0.1, 0.15) is 31.9 Å². The molecule has 0 aliphatic carbocycles. The highest BCUT2D eigenvalue weighted by Crippen LogP contribution is 2.31. The number of morpholine rings is 1. The maximum absolute atomic E-state index is 13.2. The van der Waals surface area contributed by atoms with Crippen molar-refractivity contribution in [2.75, 3.05) is 39.4 Å². The van der Waals surface area contributed by atoms with E-state index in [4.69, 9.17) is 10.00 Å². The predicted octanol–water partition coefficient (Wildman–Crippen LogP) is 2.01. The summed E-state index contributed by atoms with van der Waals surface area (Å²) in [5.74, 6) is 0.605. The number of amides is 1. The molecule has 2 unspecified atom stereocenters. The van der Waals surface area contributed by atoms with Crippen molar-refractivity contribution >= 4 is 5.91 Å². The van der Waals surface area contributed by atoms with E-state index in [1.165, 1.54) is 0 Å². The zero-order valence-electron chi connectivity index (χ0n) is 15.4. The van der Waals surface area contributed by atoms with Crippen molar-refractivity contribution in [3.63, 3.8) is 0 Å². The van der Waals surface area contributed by atoms with E-state index in [-0.39, 0.29) is 5.91 Å². The number of hydrogen-bond acceptors (Lipinski definition) is 4. The number of ether oxygens (including phenoxy) is 1. The average molecular weight is 341 g/mol. The van der Waals surface area contributed by atoms with Crippen LogP contribution in [0.5, 0.6) is 0 Å². The first-order valence-corrected chi connectivity index (χ1v) is 9.05. The molecule has 0 saturated carbocycles. The summed E-state index contributed by atoms with van der Waals surface area (Å²) in [6.45, 7) is 11.2. The van der Waals surface area contributed by atoms with Crippen LogP contribution in [0.3, 0.4) is 0 Å². The SMILES string of the molecule is CC1CN(C(=O)C(C)(C)c2cccc(C#N)c2)CC1N1CCOCC1. The Morgan fingerprint density at radius 2 is 2.00 bits per heavy atom. The summed E-state index contributed by atoms with van der Waals surface area (Å²) in [5, 5.41) is 9.13. The number of rotatable bonds is 3. The van der Waals surface area contributed by atoms with Crippen LogP contribution in [-0.4, -0.2) is 61.1 Å². The van der Waals surface area contributed by atoms with Gasteiger partial charge in [-0.15, -0.1) is 0 Å². The van der Waals surface area contributed by atoms with Crippen LogP contribution >= 0.6 is 0 Å². The third-order valence-electron chi connectivity index (χ3n) is 5.62. The predicted molar refractivity (Wildman–Crippen MR) is 96.1 cm³/mol. The van der Waals surface area contributed by atoms with Crippen LogP contribution in [-0.2, 0) is 14.9 Å². The second kappa shape index (κ2) is 7.15. The molecular formula is C20H27N3O2. The highest BCUT2D eigenvalue weighted by Gasteiger charge is 2.41. The molecule has 5 heteroatoms. The smallest absolute Gasteiger partial charge is 0.232 e. The summed E-state index contributed by atoms with van der Waals surface area (Å²) < 4.78 is 5.45. The van der Waals surface area contributed by atoms with E-state index in [9.17, 15) is 4.79 Å². The number of nitrogens with zero attached hydrogens (tertiary/aromatic N) is 3. The molecule has 2 saturated heterocycles. The summed E-state index contributed by atoms with van der Waals surface area (Å²) in [4.78, 5) is 17.7.